The summed E-state index contributed by atoms with van der Waals surface area (Å²) in [6, 6.07) is 23.7. The zero-order valence-electron chi connectivity index (χ0n) is 17.3. The van der Waals surface area contributed by atoms with Crippen molar-refractivity contribution in [1.29, 1.82) is 0 Å². The van der Waals surface area contributed by atoms with Gasteiger partial charge in [-0.3, -0.25) is 9.59 Å². The largest absolute Gasteiger partial charge is 0.426 e. The maximum Gasteiger partial charge on any atom is 0.316 e. The van der Waals surface area contributed by atoms with Crippen molar-refractivity contribution in [3.8, 4) is 5.75 Å². The number of hydrogen-bond donors (Lipinski definition) is 0. The van der Waals surface area contributed by atoms with E-state index in [9.17, 15) is 9.59 Å². The molecule has 0 unspecified atom stereocenters. The van der Waals surface area contributed by atoms with E-state index in [1.54, 1.807) is 4.90 Å². The smallest absolute Gasteiger partial charge is 0.316 e. The minimum atomic E-state index is -0.455. The van der Waals surface area contributed by atoms with Crippen LogP contribution in [-0.4, -0.2) is 18.4 Å². The molecular weight excluding hydrogens is 374 g/mol. The molecule has 1 aliphatic rings. The fourth-order valence-corrected chi connectivity index (χ4v) is 3.71. The number of ether oxygens (including phenoxy) is 1. The van der Waals surface area contributed by atoms with Gasteiger partial charge in [-0.05, 0) is 66.8 Å². The summed E-state index contributed by atoms with van der Waals surface area (Å²) >= 11 is 0. The van der Waals surface area contributed by atoms with Gasteiger partial charge in [0, 0.05) is 18.7 Å². The molecule has 1 saturated heterocycles. The Morgan fingerprint density at radius 3 is 2.33 bits per heavy atom. The fraction of sp³-hybridized carbons (Fsp3) is 0.231. The minimum Gasteiger partial charge on any atom is -0.426 e. The van der Waals surface area contributed by atoms with Crippen LogP contribution in [0, 0.1) is 19.8 Å². The van der Waals surface area contributed by atoms with Gasteiger partial charge in [0.1, 0.15) is 5.75 Å². The number of hydrogen-bond acceptors (Lipinski definition) is 3. The van der Waals surface area contributed by atoms with Gasteiger partial charge in [0.25, 0.3) is 0 Å². The molecule has 0 bridgehead atoms. The van der Waals surface area contributed by atoms with E-state index in [-0.39, 0.29) is 18.3 Å². The van der Waals surface area contributed by atoms with Crippen LogP contribution in [0.5, 0.6) is 5.75 Å². The molecule has 4 rings (SSSR count). The van der Waals surface area contributed by atoms with Crippen LogP contribution in [0.4, 0.5) is 5.69 Å². The van der Waals surface area contributed by atoms with Gasteiger partial charge in [0.15, 0.2) is 0 Å². The minimum absolute atomic E-state index is 0.0431. The van der Waals surface area contributed by atoms with Gasteiger partial charge in [-0.25, -0.2) is 0 Å². The highest BCUT2D eigenvalue weighted by Crippen LogP contribution is 2.28. The Morgan fingerprint density at radius 1 is 0.933 bits per heavy atom. The highest BCUT2D eigenvalue weighted by atomic mass is 16.5. The lowest BCUT2D eigenvalue weighted by Gasteiger charge is -2.17. The molecule has 152 valence electrons. The second kappa shape index (κ2) is 8.54. The molecule has 0 spiro atoms. The Morgan fingerprint density at radius 2 is 1.63 bits per heavy atom. The monoisotopic (exact) mass is 399 g/mol. The molecule has 1 atom stereocenters. The van der Waals surface area contributed by atoms with Gasteiger partial charge in [0.2, 0.25) is 5.91 Å². The molecule has 1 amide bonds. The van der Waals surface area contributed by atoms with Crippen molar-refractivity contribution >= 4 is 17.6 Å². The first kappa shape index (κ1) is 19.9. The second-order valence-electron chi connectivity index (χ2n) is 7.90. The lowest BCUT2D eigenvalue weighted by atomic mass is 10.1. The lowest BCUT2D eigenvalue weighted by molar-refractivity contribution is -0.139. The normalized spacial score (nSPS) is 16.0. The average molecular weight is 399 g/mol. The third-order valence-corrected chi connectivity index (χ3v) is 5.65. The molecule has 3 aromatic carbocycles. The van der Waals surface area contributed by atoms with E-state index < -0.39 is 5.92 Å². The average Bonchev–Trinajstić information content (AvgIpc) is 3.14. The third kappa shape index (κ3) is 4.43. The van der Waals surface area contributed by atoms with Crippen LogP contribution in [0.25, 0.3) is 0 Å². The molecule has 30 heavy (non-hydrogen) atoms. The number of carbonyl (C=O) groups is 2. The van der Waals surface area contributed by atoms with Gasteiger partial charge < -0.3 is 9.64 Å². The molecule has 4 nitrogen and oxygen atoms in total. The van der Waals surface area contributed by atoms with Gasteiger partial charge >= 0.3 is 5.97 Å². The Bertz CT molecular complexity index is 1060. The van der Waals surface area contributed by atoms with E-state index in [2.05, 4.69) is 12.1 Å². The van der Waals surface area contributed by atoms with Crippen molar-refractivity contribution in [3.05, 3.63) is 95.1 Å². The number of nitrogens with zero attached hydrogens (tertiary/aromatic N) is 1. The van der Waals surface area contributed by atoms with Gasteiger partial charge in [-0.15, -0.1) is 0 Å². The highest BCUT2D eigenvalue weighted by Gasteiger charge is 2.36. The molecule has 0 aromatic heterocycles. The molecule has 1 heterocycles. The molecule has 1 aliphatic heterocycles. The number of amides is 1. The first-order chi connectivity index (χ1) is 14.5. The number of anilines is 1. The Hall–Kier alpha value is -3.40. The van der Waals surface area contributed by atoms with E-state index in [1.165, 1.54) is 11.1 Å². The van der Waals surface area contributed by atoms with Crippen molar-refractivity contribution in [2.45, 2.75) is 26.7 Å². The van der Waals surface area contributed by atoms with E-state index in [0.29, 0.717) is 12.3 Å². The number of benzene rings is 3. The molecule has 0 saturated carbocycles. The first-order valence-corrected chi connectivity index (χ1v) is 10.2. The molecule has 4 heteroatoms. The Kier molecular flexibility index (Phi) is 5.66. The van der Waals surface area contributed by atoms with Gasteiger partial charge in [-0.1, -0.05) is 48.5 Å². The predicted molar refractivity (Wildman–Crippen MR) is 118 cm³/mol. The third-order valence-electron chi connectivity index (χ3n) is 5.65. The predicted octanol–water partition coefficient (Wildman–Crippen LogP) is 4.85. The van der Waals surface area contributed by atoms with Crippen LogP contribution in [0.1, 0.15) is 28.7 Å². The Labute approximate surface area is 177 Å². The van der Waals surface area contributed by atoms with E-state index in [1.807, 2.05) is 74.5 Å². The number of esters is 1. The maximum absolute atomic E-state index is 12.6. The molecule has 0 radical (unpaired) electrons. The van der Waals surface area contributed by atoms with Crippen molar-refractivity contribution in [2.24, 2.45) is 5.92 Å². The van der Waals surface area contributed by atoms with Crippen molar-refractivity contribution in [3.63, 3.8) is 0 Å². The molecule has 1 fully saturated rings. The zero-order valence-corrected chi connectivity index (χ0v) is 17.3. The summed E-state index contributed by atoms with van der Waals surface area (Å²) in [7, 11) is 0. The summed E-state index contributed by atoms with van der Waals surface area (Å²) in [5.74, 6) is -0.346. The SMILES string of the molecule is Cc1ccc(N2C[C@H](C(=O)Oc3ccc(Cc4ccccc4)cc3)CC2=O)cc1C. The number of rotatable bonds is 5. The van der Waals surface area contributed by atoms with Crippen LogP contribution < -0.4 is 9.64 Å². The molecule has 0 aliphatic carbocycles. The van der Waals surface area contributed by atoms with Crippen LogP contribution in [-0.2, 0) is 16.0 Å². The molecule has 0 N–H and O–H groups in total. The van der Waals surface area contributed by atoms with E-state index in [0.717, 1.165) is 23.2 Å². The summed E-state index contributed by atoms with van der Waals surface area (Å²) in [6.45, 7) is 4.41. The van der Waals surface area contributed by atoms with Crippen LogP contribution in [0.2, 0.25) is 0 Å². The maximum atomic E-state index is 12.6. The van der Waals surface area contributed by atoms with Crippen LogP contribution >= 0.6 is 0 Å². The fourth-order valence-electron chi connectivity index (χ4n) is 3.71. The second-order valence-corrected chi connectivity index (χ2v) is 7.90. The van der Waals surface area contributed by atoms with Crippen molar-refractivity contribution in [2.75, 3.05) is 11.4 Å². The Balaban J connectivity index is 1.38. The lowest BCUT2D eigenvalue weighted by Crippen LogP contribution is -2.27. The van der Waals surface area contributed by atoms with Gasteiger partial charge in [0.05, 0.1) is 5.92 Å². The van der Waals surface area contributed by atoms with Crippen molar-refractivity contribution in [1.82, 2.24) is 0 Å². The number of aryl methyl sites for hydroxylation is 2. The molecular formula is C26H25NO3. The molecule has 3 aromatic rings. The standard InChI is InChI=1S/C26H25NO3/c1-18-8-11-23(14-19(18)2)27-17-22(16-25(27)28)26(29)30-24-12-9-21(10-13-24)15-20-6-4-3-5-7-20/h3-14,22H,15-17H2,1-2H3/t22-/m1/s1. The van der Waals surface area contributed by atoms with Crippen LogP contribution in [0.3, 0.4) is 0 Å². The topological polar surface area (TPSA) is 46.6 Å². The number of carbonyl (C=O) groups excluding carboxylic acids is 2. The summed E-state index contributed by atoms with van der Waals surface area (Å²) in [4.78, 5) is 26.8. The summed E-state index contributed by atoms with van der Waals surface area (Å²) in [5, 5.41) is 0. The quantitative estimate of drug-likeness (QED) is 0.455. The summed E-state index contributed by atoms with van der Waals surface area (Å²) in [5.41, 5.74) is 5.53. The highest BCUT2D eigenvalue weighted by molar-refractivity contribution is 5.99. The van der Waals surface area contributed by atoms with E-state index >= 15 is 0 Å². The summed E-state index contributed by atoms with van der Waals surface area (Å²) in [6.07, 6.45) is 1.01. The van der Waals surface area contributed by atoms with Crippen molar-refractivity contribution < 1.29 is 14.3 Å². The summed E-state index contributed by atoms with van der Waals surface area (Å²) < 4.78 is 5.56. The van der Waals surface area contributed by atoms with Crippen LogP contribution in [0.15, 0.2) is 72.8 Å². The van der Waals surface area contributed by atoms with Gasteiger partial charge in [-0.2, -0.15) is 0 Å². The first-order valence-electron chi connectivity index (χ1n) is 10.2. The zero-order chi connectivity index (χ0) is 21.1. The van der Waals surface area contributed by atoms with E-state index in [4.69, 9.17) is 4.74 Å².